The van der Waals surface area contributed by atoms with Gasteiger partial charge in [0.15, 0.2) is 0 Å². The fourth-order valence-corrected chi connectivity index (χ4v) is 3.19. The van der Waals surface area contributed by atoms with Gasteiger partial charge in [-0.15, -0.1) is 0 Å². The van der Waals surface area contributed by atoms with E-state index < -0.39 is 0 Å². The molecule has 2 atom stereocenters. The highest BCUT2D eigenvalue weighted by atomic mass is 16.5. The Kier molecular flexibility index (Phi) is 4.98. The summed E-state index contributed by atoms with van der Waals surface area (Å²) < 4.78 is 6.41. The van der Waals surface area contributed by atoms with E-state index >= 15 is 0 Å². The molecule has 0 aromatic heterocycles. The topological polar surface area (TPSA) is 21.3 Å². The van der Waals surface area contributed by atoms with Crippen LogP contribution in [-0.4, -0.2) is 12.6 Å². The van der Waals surface area contributed by atoms with Gasteiger partial charge >= 0.3 is 0 Å². The second kappa shape index (κ2) is 6.39. The smallest absolute Gasteiger partial charge is 0.128 e. The van der Waals surface area contributed by atoms with Crippen molar-refractivity contribution < 1.29 is 4.74 Å². The first-order chi connectivity index (χ1) is 9.88. The number of hydrogen-bond acceptors (Lipinski definition) is 2. The van der Waals surface area contributed by atoms with Crippen molar-refractivity contribution in [2.45, 2.75) is 78.4 Å². The molecule has 0 saturated heterocycles. The summed E-state index contributed by atoms with van der Waals surface area (Å²) in [6, 6.07) is 4.96. The van der Waals surface area contributed by atoms with Crippen LogP contribution in [0.2, 0.25) is 0 Å². The zero-order valence-corrected chi connectivity index (χ0v) is 14.5. The Bertz CT molecular complexity index is 487. The number of hydrogen-bond donors (Lipinski definition) is 1. The van der Waals surface area contributed by atoms with Gasteiger partial charge in [0.05, 0.1) is 6.04 Å². The van der Waals surface area contributed by atoms with Gasteiger partial charge in [-0.2, -0.15) is 0 Å². The predicted octanol–water partition coefficient (Wildman–Crippen LogP) is 4.89. The molecule has 0 saturated carbocycles. The summed E-state index contributed by atoms with van der Waals surface area (Å²) in [6.45, 7) is 14.5. The highest BCUT2D eigenvalue weighted by Gasteiger charge is 2.37. The molecule has 1 N–H and O–H groups in total. The molecule has 0 amide bonds. The molecule has 1 aliphatic heterocycles. The van der Waals surface area contributed by atoms with Crippen molar-refractivity contribution in [3.05, 3.63) is 28.8 Å². The lowest BCUT2D eigenvalue weighted by Gasteiger charge is -2.23. The van der Waals surface area contributed by atoms with Gasteiger partial charge in [0.25, 0.3) is 0 Å². The van der Waals surface area contributed by atoms with E-state index in [1.807, 2.05) is 0 Å². The standard InChI is InChI=1S/C19H31NO/c1-7-9-16-17(20-10-8-2)14-11-13(3)12-15(18(14)21-16)19(4,5)6/h11-12,16-17,20H,7-10H2,1-6H3. The second-order valence-electron chi connectivity index (χ2n) is 7.36. The molecule has 0 fully saturated rings. The van der Waals surface area contributed by atoms with Crippen molar-refractivity contribution in [2.24, 2.45) is 0 Å². The van der Waals surface area contributed by atoms with Gasteiger partial charge < -0.3 is 10.1 Å². The third-order valence-electron chi connectivity index (χ3n) is 4.23. The molecule has 1 aliphatic rings. The Labute approximate surface area is 130 Å². The van der Waals surface area contributed by atoms with Crippen molar-refractivity contribution in [1.29, 1.82) is 0 Å². The average molecular weight is 289 g/mol. The van der Waals surface area contributed by atoms with Crippen molar-refractivity contribution >= 4 is 0 Å². The number of benzene rings is 1. The summed E-state index contributed by atoms with van der Waals surface area (Å²) in [5.41, 5.74) is 4.17. The number of nitrogens with one attached hydrogen (secondary N) is 1. The van der Waals surface area contributed by atoms with E-state index in [1.54, 1.807) is 0 Å². The summed E-state index contributed by atoms with van der Waals surface area (Å²) in [7, 11) is 0. The maximum atomic E-state index is 6.41. The van der Waals surface area contributed by atoms with Gasteiger partial charge in [0.2, 0.25) is 0 Å². The van der Waals surface area contributed by atoms with Gasteiger partial charge in [-0.25, -0.2) is 0 Å². The van der Waals surface area contributed by atoms with E-state index in [0.717, 1.165) is 31.6 Å². The van der Waals surface area contributed by atoms with Crippen molar-refractivity contribution in [1.82, 2.24) is 5.32 Å². The van der Waals surface area contributed by atoms with E-state index in [2.05, 4.69) is 59.0 Å². The first-order valence-corrected chi connectivity index (χ1v) is 8.43. The molecule has 0 bridgehead atoms. The van der Waals surface area contributed by atoms with Crippen molar-refractivity contribution in [3.63, 3.8) is 0 Å². The van der Waals surface area contributed by atoms with Crippen molar-refractivity contribution in [2.75, 3.05) is 6.54 Å². The fourth-order valence-electron chi connectivity index (χ4n) is 3.19. The van der Waals surface area contributed by atoms with Crippen LogP contribution in [0.4, 0.5) is 0 Å². The Morgan fingerprint density at radius 1 is 1.14 bits per heavy atom. The van der Waals surface area contributed by atoms with E-state index in [0.29, 0.717) is 6.04 Å². The summed E-state index contributed by atoms with van der Waals surface area (Å²) in [5.74, 6) is 1.14. The number of ether oxygens (including phenoxy) is 1. The molecule has 1 aromatic carbocycles. The lowest BCUT2D eigenvalue weighted by molar-refractivity contribution is 0.175. The van der Waals surface area contributed by atoms with Gasteiger partial charge in [0.1, 0.15) is 11.9 Å². The zero-order valence-electron chi connectivity index (χ0n) is 14.5. The third-order valence-corrected chi connectivity index (χ3v) is 4.23. The van der Waals surface area contributed by atoms with Crippen LogP contribution in [0.1, 0.15) is 76.6 Å². The minimum absolute atomic E-state index is 0.118. The van der Waals surface area contributed by atoms with Gasteiger partial charge in [-0.05, 0) is 31.7 Å². The Morgan fingerprint density at radius 2 is 1.86 bits per heavy atom. The monoisotopic (exact) mass is 289 g/mol. The molecule has 21 heavy (non-hydrogen) atoms. The summed E-state index contributed by atoms with van der Waals surface area (Å²) >= 11 is 0. The molecule has 0 radical (unpaired) electrons. The first kappa shape index (κ1) is 16.4. The van der Waals surface area contributed by atoms with Gasteiger partial charge in [0, 0.05) is 11.1 Å². The van der Waals surface area contributed by atoms with Crippen LogP contribution in [0.3, 0.4) is 0 Å². The molecule has 0 spiro atoms. The highest BCUT2D eigenvalue weighted by Crippen LogP contribution is 2.45. The van der Waals surface area contributed by atoms with Crippen LogP contribution >= 0.6 is 0 Å². The van der Waals surface area contributed by atoms with Crippen molar-refractivity contribution in [3.8, 4) is 5.75 Å². The average Bonchev–Trinajstić information content (AvgIpc) is 2.72. The number of aryl methyl sites for hydroxylation is 1. The van der Waals surface area contributed by atoms with E-state index in [-0.39, 0.29) is 11.5 Å². The number of fused-ring (bicyclic) bond motifs is 1. The molecule has 118 valence electrons. The molecule has 2 rings (SSSR count). The van der Waals surface area contributed by atoms with Gasteiger partial charge in [-0.1, -0.05) is 58.7 Å². The molecular weight excluding hydrogens is 258 g/mol. The molecule has 0 aliphatic carbocycles. The molecular formula is C19H31NO. The normalized spacial score (nSPS) is 21.2. The summed E-state index contributed by atoms with van der Waals surface area (Å²) in [5, 5.41) is 3.70. The Hall–Kier alpha value is -1.02. The predicted molar refractivity (Wildman–Crippen MR) is 90.2 cm³/mol. The molecule has 1 aromatic rings. The minimum atomic E-state index is 0.118. The maximum absolute atomic E-state index is 6.41. The Balaban J connectivity index is 2.44. The quantitative estimate of drug-likeness (QED) is 0.833. The highest BCUT2D eigenvalue weighted by molar-refractivity contribution is 5.52. The molecule has 2 nitrogen and oxygen atoms in total. The molecule has 2 unspecified atom stereocenters. The number of rotatable bonds is 5. The lowest BCUT2D eigenvalue weighted by atomic mass is 9.83. The van der Waals surface area contributed by atoms with Crippen LogP contribution in [0, 0.1) is 6.92 Å². The summed E-state index contributed by atoms with van der Waals surface area (Å²) in [4.78, 5) is 0. The van der Waals surface area contributed by atoms with Crippen LogP contribution in [0.25, 0.3) is 0 Å². The maximum Gasteiger partial charge on any atom is 0.128 e. The largest absolute Gasteiger partial charge is 0.488 e. The van der Waals surface area contributed by atoms with Crippen LogP contribution in [0.5, 0.6) is 5.75 Å². The lowest BCUT2D eigenvalue weighted by Crippen LogP contribution is -2.31. The van der Waals surface area contributed by atoms with Crippen LogP contribution in [0.15, 0.2) is 12.1 Å². The summed E-state index contributed by atoms with van der Waals surface area (Å²) in [6.07, 6.45) is 3.70. The van der Waals surface area contributed by atoms with Crippen LogP contribution in [-0.2, 0) is 5.41 Å². The van der Waals surface area contributed by atoms with E-state index in [9.17, 15) is 0 Å². The second-order valence-corrected chi connectivity index (χ2v) is 7.36. The SMILES string of the molecule is CCCNC1c2cc(C)cc(C(C)(C)C)c2OC1CCC. The first-order valence-electron chi connectivity index (χ1n) is 8.43. The Morgan fingerprint density at radius 3 is 2.43 bits per heavy atom. The molecule has 1 heterocycles. The fraction of sp³-hybridized carbons (Fsp3) is 0.684. The third kappa shape index (κ3) is 3.42. The van der Waals surface area contributed by atoms with Crippen LogP contribution < -0.4 is 10.1 Å². The zero-order chi connectivity index (χ0) is 15.6. The van der Waals surface area contributed by atoms with E-state index in [1.165, 1.54) is 16.7 Å². The molecule has 2 heteroatoms. The van der Waals surface area contributed by atoms with E-state index in [4.69, 9.17) is 4.74 Å². The minimum Gasteiger partial charge on any atom is -0.488 e. The van der Waals surface area contributed by atoms with Gasteiger partial charge in [-0.3, -0.25) is 0 Å².